The predicted molar refractivity (Wildman–Crippen MR) is 58.2 cm³/mol. The van der Waals surface area contributed by atoms with Crippen LogP contribution in [0.25, 0.3) is 0 Å². The normalized spacial score (nSPS) is 30.0. The molecule has 1 aromatic rings. The van der Waals surface area contributed by atoms with Crippen molar-refractivity contribution in [1.29, 1.82) is 0 Å². The molecule has 0 saturated heterocycles. The van der Waals surface area contributed by atoms with Crippen LogP contribution in [0.15, 0.2) is 36.9 Å². The minimum atomic E-state index is -0.669. The maximum Gasteiger partial charge on any atom is 0.0939 e. The van der Waals surface area contributed by atoms with Gasteiger partial charge in [-0.3, -0.25) is 0 Å². The van der Waals surface area contributed by atoms with E-state index in [4.69, 9.17) is 0 Å². The Morgan fingerprint density at radius 1 is 1.57 bits per heavy atom. The van der Waals surface area contributed by atoms with E-state index in [1.165, 1.54) is 5.56 Å². The minimum absolute atomic E-state index is 0.455. The Bertz CT molecular complexity index is 356. The second-order valence-electron chi connectivity index (χ2n) is 4.22. The highest BCUT2D eigenvalue weighted by Gasteiger charge is 2.38. The monoisotopic (exact) mass is 188 g/mol. The molecule has 74 valence electrons. The summed E-state index contributed by atoms with van der Waals surface area (Å²) in [6.07, 6.45) is 3.27. The minimum Gasteiger partial charge on any atom is -0.385 e. The van der Waals surface area contributed by atoms with Crippen LogP contribution in [0.1, 0.15) is 36.8 Å². The van der Waals surface area contributed by atoms with Crippen LogP contribution < -0.4 is 0 Å². The summed E-state index contributed by atoms with van der Waals surface area (Å²) in [5.74, 6) is 0.455. The number of rotatable bonds is 2. The molecule has 0 spiro atoms. The van der Waals surface area contributed by atoms with Crippen LogP contribution >= 0.6 is 0 Å². The molecule has 0 fully saturated rings. The Hall–Kier alpha value is -1.08. The Morgan fingerprint density at radius 3 is 3.00 bits per heavy atom. The lowest BCUT2D eigenvalue weighted by molar-refractivity contribution is 0.0378. The first-order valence-corrected chi connectivity index (χ1v) is 5.10. The van der Waals surface area contributed by atoms with E-state index in [1.54, 1.807) is 6.08 Å². The lowest BCUT2D eigenvalue weighted by atomic mass is 9.92. The van der Waals surface area contributed by atoms with Gasteiger partial charge in [-0.1, -0.05) is 37.3 Å². The Morgan fingerprint density at radius 2 is 2.29 bits per heavy atom. The molecule has 1 heteroatoms. The van der Waals surface area contributed by atoms with Gasteiger partial charge in [0.1, 0.15) is 0 Å². The molecule has 0 bridgehead atoms. The Balaban J connectivity index is 2.47. The van der Waals surface area contributed by atoms with Crippen molar-refractivity contribution in [3.05, 3.63) is 48.0 Å². The molecular weight excluding hydrogens is 172 g/mol. The summed E-state index contributed by atoms with van der Waals surface area (Å²) in [4.78, 5) is 0. The van der Waals surface area contributed by atoms with E-state index in [2.05, 4.69) is 19.6 Å². The lowest BCUT2D eigenvalue weighted by Crippen LogP contribution is -2.21. The van der Waals surface area contributed by atoms with Crippen LogP contribution in [0, 0.1) is 0 Å². The molecule has 0 radical (unpaired) electrons. The van der Waals surface area contributed by atoms with Gasteiger partial charge in [-0.15, -0.1) is 6.58 Å². The van der Waals surface area contributed by atoms with Crippen LogP contribution in [0.4, 0.5) is 0 Å². The van der Waals surface area contributed by atoms with Crippen molar-refractivity contribution >= 4 is 0 Å². The highest BCUT2D eigenvalue weighted by atomic mass is 16.3. The van der Waals surface area contributed by atoms with Gasteiger partial charge in [0, 0.05) is 0 Å². The SMILES string of the molecule is C=CCC1(O)CC(C)c2ccccc21. The third-order valence-corrected chi connectivity index (χ3v) is 3.12. The molecule has 1 aromatic carbocycles. The van der Waals surface area contributed by atoms with E-state index in [-0.39, 0.29) is 0 Å². The molecule has 14 heavy (non-hydrogen) atoms. The molecule has 0 aliphatic heterocycles. The molecule has 2 unspecified atom stereocenters. The van der Waals surface area contributed by atoms with Crippen molar-refractivity contribution < 1.29 is 5.11 Å². The molecule has 1 N–H and O–H groups in total. The summed E-state index contributed by atoms with van der Waals surface area (Å²) in [6, 6.07) is 8.17. The van der Waals surface area contributed by atoms with Gasteiger partial charge in [0.15, 0.2) is 0 Å². The molecule has 0 aromatic heterocycles. The first-order valence-electron chi connectivity index (χ1n) is 5.10. The topological polar surface area (TPSA) is 20.2 Å². The fourth-order valence-corrected chi connectivity index (χ4v) is 2.51. The molecule has 1 aliphatic rings. The second kappa shape index (κ2) is 3.25. The van der Waals surface area contributed by atoms with Crippen LogP contribution in [-0.2, 0) is 5.60 Å². The van der Waals surface area contributed by atoms with Crippen LogP contribution in [0.5, 0.6) is 0 Å². The van der Waals surface area contributed by atoms with E-state index >= 15 is 0 Å². The number of benzene rings is 1. The van der Waals surface area contributed by atoms with Gasteiger partial charge in [0.25, 0.3) is 0 Å². The summed E-state index contributed by atoms with van der Waals surface area (Å²) in [5, 5.41) is 10.4. The number of fused-ring (bicyclic) bond motifs is 1. The van der Waals surface area contributed by atoms with Crippen molar-refractivity contribution in [3.63, 3.8) is 0 Å². The smallest absolute Gasteiger partial charge is 0.0939 e. The highest BCUT2D eigenvalue weighted by Crippen LogP contribution is 2.46. The van der Waals surface area contributed by atoms with Gasteiger partial charge in [0.2, 0.25) is 0 Å². The zero-order valence-corrected chi connectivity index (χ0v) is 8.53. The van der Waals surface area contributed by atoms with Gasteiger partial charge in [-0.25, -0.2) is 0 Å². The van der Waals surface area contributed by atoms with Crippen molar-refractivity contribution in [2.75, 3.05) is 0 Å². The fourth-order valence-electron chi connectivity index (χ4n) is 2.51. The highest BCUT2D eigenvalue weighted by molar-refractivity contribution is 5.40. The van der Waals surface area contributed by atoms with Gasteiger partial charge < -0.3 is 5.11 Å². The Kier molecular flexibility index (Phi) is 2.20. The van der Waals surface area contributed by atoms with Crippen molar-refractivity contribution in [2.45, 2.75) is 31.3 Å². The molecule has 0 amide bonds. The average Bonchev–Trinajstić information content (AvgIpc) is 2.41. The zero-order valence-electron chi connectivity index (χ0n) is 8.53. The summed E-state index contributed by atoms with van der Waals surface area (Å²) in [7, 11) is 0. The lowest BCUT2D eigenvalue weighted by Gasteiger charge is -2.22. The largest absolute Gasteiger partial charge is 0.385 e. The van der Waals surface area contributed by atoms with Crippen molar-refractivity contribution in [1.82, 2.24) is 0 Å². The van der Waals surface area contributed by atoms with Gasteiger partial charge in [-0.05, 0) is 29.9 Å². The summed E-state index contributed by atoms with van der Waals surface area (Å²) in [6.45, 7) is 5.87. The third kappa shape index (κ3) is 1.28. The average molecular weight is 188 g/mol. The number of hydrogen-bond acceptors (Lipinski definition) is 1. The zero-order chi connectivity index (χ0) is 10.2. The van der Waals surface area contributed by atoms with E-state index in [9.17, 15) is 5.11 Å². The number of aliphatic hydroxyl groups is 1. The van der Waals surface area contributed by atoms with Gasteiger partial charge in [0.05, 0.1) is 5.60 Å². The van der Waals surface area contributed by atoms with Crippen LogP contribution in [-0.4, -0.2) is 5.11 Å². The van der Waals surface area contributed by atoms with E-state index in [1.807, 2.05) is 18.2 Å². The molecule has 1 aliphatic carbocycles. The standard InChI is InChI=1S/C13H16O/c1-3-8-13(14)9-10(2)11-6-4-5-7-12(11)13/h3-7,10,14H,1,8-9H2,2H3. The fraction of sp³-hybridized carbons (Fsp3) is 0.385. The molecule has 0 saturated carbocycles. The molecule has 0 heterocycles. The molecule has 2 rings (SSSR count). The summed E-state index contributed by atoms with van der Waals surface area (Å²) in [5.41, 5.74) is 1.71. The maximum atomic E-state index is 10.4. The van der Waals surface area contributed by atoms with Crippen molar-refractivity contribution in [2.24, 2.45) is 0 Å². The summed E-state index contributed by atoms with van der Waals surface area (Å²) >= 11 is 0. The van der Waals surface area contributed by atoms with E-state index < -0.39 is 5.60 Å². The first kappa shape index (κ1) is 9.47. The van der Waals surface area contributed by atoms with Gasteiger partial charge in [-0.2, -0.15) is 0 Å². The first-order chi connectivity index (χ1) is 6.67. The quantitative estimate of drug-likeness (QED) is 0.707. The van der Waals surface area contributed by atoms with Crippen LogP contribution in [0.3, 0.4) is 0 Å². The third-order valence-electron chi connectivity index (χ3n) is 3.12. The summed E-state index contributed by atoms with van der Waals surface area (Å²) < 4.78 is 0. The predicted octanol–water partition coefficient (Wildman–Crippen LogP) is 2.96. The van der Waals surface area contributed by atoms with Gasteiger partial charge >= 0.3 is 0 Å². The van der Waals surface area contributed by atoms with E-state index in [0.717, 1.165) is 12.0 Å². The molecule has 2 atom stereocenters. The molecular formula is C13H16O. The van der Waals surface area contributed by atoms with E-state index in [0.29, 0.717) is 12.3 Å². The van der Waals surface area contributed by atoms with Crippen LogP contribution in [0.2, 0.25) is 0 Å². The maximum absolute atomic E-state index is 10.4. The van der Waals surface area contributed by atoms with Crippen molar-refractivity contribution in [3.8, 4) is 0 Å². The number of hydrogen-bond donors (Lipinski definition) is 1. The Labute approximate surface area is 85.1 Å². The molecule has 1 nitrogen and oxygen atoms in total. The second-order valence-corrected chi connectivity index (χ2v) is 4.22.